The van der Waals surface area contributed by atoms with Crippen molar-refractivity contribution in [3.63, 3.8) is 0 Å². The smallest absolute Gasteiger partial charge is 0.408 e. The molecule has 2 N–H and O–H groups in total. The Morgan fingerprint density at radius 1 is 0.775 bits per heavy atom. The van der Waals surface area contributed by atoms with Crippen LogP contribution in [0.4, 0.5) is 10.5 Å². The van der Waals surface area contributed by atoms with E-state index >= 15 is 0 Å². The molecule has 210 valence electrons. The number of amides is 2. The number of hydrogen-bond donors (Lipinski definition) is 2. The molecule has 0 saturated carbocycles. The van der Waals surface area contributed by atoms with Crippen LogP contribution in [0.3, 0.4) is 0 Å². The second-order valence-corrected chi connectivity index (χ2v) is 10.2. The molecule has 2 amide bonds. The Kier molecular flexibility index (Phi) is 10.4. The number of nitrogens with one attached hydrogen (secondary N) is 2. The zero-order valence-corrected chi connectivity index (χ0v) is 22.7. The van der Waals surface area contributed by atoms with E-state index in [0.717, 1.165) is 11.1 Å². The normalized spacial score (nSPS) is 12.5. The maximum atomic E-state index is 13.5. The summed E-state index contributed by atoms with van der Waals surface area (Å²) in [4.78, 5) is 49.6. The highest BCUT2D eigenvalue weighted by Crippen LogP contribution is 2.14. The van der Waals surface area contributed by atoms with Crippen LogP contribution in [0.2, 0.25) is 0 Å². The third-order valence-corrected chi connectivity index (χ3v) is 5.70. The Morgan fingerprint density at radius 2 is 1.30 bits per heavy atom. The molecule has 0 saturated heterocycles. The summed E-state index contributed by atoms with van der Waals surface area (Å²) in [5.41, 5.74) is 1.30. The fourth-order valence-corrected chi connectivity index (χ4v) is 3.79. The first-order valence-electron chi connectivity index (χ1n) is 12.8. The van der Waals surface area contributed by atoms with Crippen LogP contribution in [-0.2, 0) is 38.5 Å². The summed E-state index contributed by atoms with van der Waals surface area (Å²) in [5, 5.41) is 16.3. The van der Waals surface area contributed by atoms with Crippen LogP contribution in [0.15, 0.2) is 84.9 Å². The average Bonchev–Trinajstić information content (AvgIpc) is 2.91. The van der Waals surface area contributed by atoms with Gasteiger partial charge in [0.05, 0.1) is 4.92 Å². The number of hydrogen-bond acceptors (Lipinski definition) is 7. The van der Waals surface area contributed by atoms with Crippen molar-refractivity contribution in [2.24, 2.45) is 0 Å². The number of benzene rings is 3. The van der Waals surface area contributed by atoms with Crippen LogP contribution in [-0.4, -0.2) is 40.6 Å². The lowest BCUT2D eigenvalue weighted by molar-refractivity contribution is -0.384. The molecule has 0 aliphatic rings. The Labute approximate surface area is 232 Å². The second kappa shape index (κ2) is 13.9. The molecule has 2 atom stereocenters. The van der Waals surface area contributed by atoms with Gasteiger partial charge in [0.2, 0.25) is 5.91 Å². The predicted molar refractivity (Wildman–Crippen MR) is 148 cm³/mol. The lowest BCUT2D eigenvalue weighted by atomic mass is 10.0. The van der Waals surface area contributed by atoms with Crippen LogP contribution >= 0.6 is 0 Å². The van der Waals surface area contributed by atoms with E-state index in [-0.39, 0.29) is 25.1 Å². The van der Waals surface area contributed by atoms with Gasteiger partial charge >= 0.3 is 12.1 Å². The van der Waals surface area contributed by atoms with Gasteiger partial charge in [0, 0.05) is 25.0 Å². The number of nitro groups is 1. The molecule has 3 aromatic rings. The van der Waals surface area contributed by atoms with Crippen molar-refractivity contribution in [1.29, 1.82) is 0 Å². The molecule has 0 radical (unpaired) electrons. The first-order chi connectivity index (χ1) is 19.0. The number of nitro benzene ring substituents is 1. The van der Waals surface area contributed by atoms with E-state index in [4.69, 9.17) is 9.47 Å². The van der Waals surface area contributed by atoms with Crippen LogP contribution in [0, 0.1) is 10.1 Å². The Bertz CT molecular complexity index is 1290. The van der Waals surface area contributed by atoms with E-state index in [9.17, 15) is 24.5 Å². The molecule has 3 aromatic carbocycles. The summed E-state index contributed by atoms with van der Waals surface area (Å²) in [6.45, 7) is 5.02. The highest BCUT2D eigenvalue weighted by atomic mass is 16.6. The molecule has 10 heteroatoms. The third-order valence-electron chi connectivity index (χ3n) is 5.70. The maximum Gasteiger partial charge on any atom is 0.408 e. The van der Waals surface area contributed by atoms with Crippen LogP contribution < -0.4 is 10.6 Å². The van der Waals surface area contributed by atoms with E-state index < -0.39 is 40.6 Å². The van der Waals surface area contributed by atoms with Gasteiger partial charge in [-0.1, -0.05) is 60.7 Å². The van der Waals surface area contributed by atoms with Gasteiger partial charge < -0.3 is 20.1 Å². The highest BCUT2D eigenvalue weighted by Gasteiger charge is 2.29. The van der Waals surface area contributed by atoms with Gasteiger partial charge in [-0.05, 0) is 49.6 Å². The number of alkyl carbamates (subject to hydrolysis) is 1. The standard InChI is InChI=1S/C30H33N3O7/c1-30(2,3)40-29(36)32-25(18-21-10-6-4-7-11-21)27(34)31-26(19-22-12-8-5-9-13-22)28(35)39-20-23-14-16-24(17-15-23)33(37)38/h4-17,25-26H,18-20H2,1-3H3,(H,31,34)(H,32,36)/t25-,26+/m1/s1. The van der Waals surface area contributed by atoms with Crippen molar-refractivity contribution >= 4 is 23.7 Å². The van der Waals surface area contributed by atoms with Crippen molar-refractivity contribution in [2.75, 3.05) is 0 Å². The number of carbonyl (C=O) groups excluding carboxylic acids is 3. The summed E-state index contributed by atoms with van der Waals surface area (Å²) in [6.07, 6.45) is -0.443. The summed E-state index contributed by atoms with van der Waals surface area (Å²) in [5.74, 6) is -1.27. The maximum absolute atomic E-state index is 13.5. The van der Waals surface area contributed by atoms with Gasteiger partial charge in [-0.15, -0.1) is 0 Å². The molecule has 0 heterocycles. The highest BCUT2D eigenvalue weighted by molar-refractivity contribution is 5.90. The van der Waals surface area contributed by atoms with Gasteiger partial charge in [-0.25, -0.2) is 9.59 Å². The number of rotatable bonds is 11. The zero-order chi connectivity index (χ0) is 29.1. The lowest BCUT2D eigenvalue weighted by Crippen LogP contribution is -2.54. The molecule has 0 aliphatic heterocycles. The summed E-state index contributed by atoms with van der Waals surface area (Å²) >= 11 is 0. The first-order valence-corrected chi connectivity index (χ1v) is 12.8. The lowest BCUT2D eigenvalue weighted by Gasteiger charge is -2.25. The number of carbonyl (C=O) groups is 3. The van der Waals surface area contributed by atoms with Crippen molar-refractivity contribution in [3.05, 3.63) is 112 Å². The van der Waals surface area contributed by atoms with E-state index in [1.54, 1.807) is 20.8 Å². The molecule has 0 aromatic heterocycles. The minimum atomic E-state index is -1.06. The van der Waals surface area contributed by atoms with Gasteiger partial charge in [0.15, 0.2) is 0 Å². The minimum Gasteiger partial charge on any atom is -0.459 e. The van der Waals surface area contributed by atoms with Crippen molar-refractivity contribution in [2.45, 2.75) is 57.9 Å². The number of non-ortho nitro benzene ring substituents is 1. The van der Waals surface area contributed by atoms with E-state index in [1.807, 2.05) is 60.7 Å². The molecule has 0 unspecified atom stereocenters. The SMILES string of the molecule is CC(C)(C)OC(=O)N[C@H](Cc1ccccc1)C(=O)N[C@@H](Cc1ccccc1)C(=O)OCc1ccc([N+](=O)[O-])cc1. The molecule has 0 aliphatic carbocycles. The summed E-state index contributed by atoms with van der Waals surface area (Å²) in [7, 11) is 0. The van der Waals surface area contributed by atoms with Gasteiger partial charge in [-0.2, -0.15) is 0 Å². The Morgan fingerprint density at radius 3 is 1.80 bits per heavy atom. The van der Waals surface area contributed by atoms with Gasteiger partial charge in [-0.3, -0.25) is 14.9 Å². The monoisotopic (exact) mass is 547 g/mol. The average molecular weight is 548 g/mol. The summed E-state index contributed by atoms with van der Waals surface area (Å²) in [6, 6.07) is 21.8. The zero-order valence-electron chi connectivity index (χ0n) is 22.7. The summed E-state index contributed by atoms with van der Waals surface area (Å²) < 4.78 is 10.8. The van der Waals surface area contributed by atoms with E-state index in [2.05, 4.69) is 10.6 Å². The topological polar surface area (TPSA) is 137 Å². The number of esters is 1. The van der Waals surface area contributed by atoms with Crippen molar-refractivity contribution < 1.29 is 28.8 Å². The molecule has 0 fully saturated rings. The predicted octanol–water partition coefficient (Wildman–Crippen LogP) is 4.50. The quantitative estimate of drug-likeness (QED) is 0.205. The van der Waals surface area contributed by atoms with Crippen molar-refractivity contribution in [3.8, 4) is 0 Å². The van der Waals surface area contributed by atoms with Crippen LogP contribution in [0.1, 0.15) is 37.5 Å². The number of nitrogens with zero attached hydrogens (tertiary/aromatic N) is 1. The second-order valence-electron chi connectivity index (χ2n) is 10.2. The molecule has 0 spiro atoms. The number of ether oxygens (including phenoxy) is 2. The van der Waals surface area contributed by atoms with Crippen LogP contribution in [0.25, 0.3) is 0 Å². The molecule has 3 rings (SSSR count). The fraction of sp³-hybridized carbons (Fsp3) is 0.300. The molecular weight excluding hydrogens is 514 g/mol. The molecule has 10 nitrogen and oxygen atoms in total. The third kappa shape index (κ3) is 9.86. The van der Waals surface area contributed by atoms with E-state index in [0.29, 0.717) is 5.56 Å². The van der Waals surface area contributed by atoms with Gasteiger partial charge in [0.1, 0.15) is 24.3 Å². The van der Waals surface area contributed by atoms with Crippen molar-refractivity contribution in [1.82, 2.24) is 10.6 Å². The van der Waals surface area contributed by atoms with Crippen LogP contribution in [0.5, 0.6) is 0 Å². The van der Waals surface area contributed by atoms with E-state index in [1.165, 1.54) is 24.3 Å². The van der Waals surface area contributed by atoms with Gasteiger partial charge in [0.25, 0.3) is 5.69 Å². The fourth-order valence-electron chi connectivity index (χ4n) is 3.79. The Hall–Kier alpha value is -4.73. The first kappa shape index (κ1) is 29.8. The molecule has 0 bridgehead atoms. The Balaban J connectivity index is 1.77. The molecular formula is C30H33N3O7. The largest absolute Gasteiger partial charge is 0.459 e. The molecule has 40 heavy (non-hydrogen) atoms. The minimum absolute atomic E-state index is 0.0776.